The lowest BCUT2D eigenvalue weighted by atomic mass is 10.2. The minimum atomic E-state index is 0.625. The topological polar surface area (TPSA) is 50.3 Å². The molecule has 2 rings (SSSR count). The van der Waals surface area contributed by atoms with Crippen LogP contribution >= 0.6 is 0 Å². The summed E-state index contributed by atoms with van der Waals surface area (Å²) in [5.41, 5.74) is 0. The molecule has 2 heterocycles. The van der Waals surface area contributed by atoms with Crippen molar-refractivity contribution in [3.05, 3.63) is 12.4 Å². The van der Waals surface area contributed by atoms with Crippen molar-refractivity contribution in [2.75, 3.05) is 31.6 Å². The molecule has 1 atom stereocenters. The van der Waals surface area contributed by atoms with Crippen molar-refractivity contribution in [1.82, 2.24) is 14.9 Å². The van der Waals surface area contributed by atoms with E-state index in [-0.39, 0.29) is 0 Å². The molecule has 100 valence electrons. The summed E-state index contributed by atoms with van der Waals surface area (Å²) in [6, 6.07) is 2.48. The predicted octanol–water partition coefficient (Wildman–Crippen LogP) is 1.77. The van der Waals surface area contributed by atoms with E-state index in [1.165, 1.54) is 19.4 Å². The number of ether oxygens (including phenoxy) is 1. The molecule has 1 unspecified atom stereocenters. The fraction of sp³-hybridized carbons (Fsp3) is 0.692. The van der Waals surface area contributed by atoms with Crippen molar-refractivity contribution in [2.45, 2.75) is 32.7 Å². The van der Waals surface area contributed by atoms with Crippen LogP contribution < -0.4 is 10.1 Å². The van der Waals surface area contributed by atoms with Crippen LogP contribution in [0.1, 0.15) is 26.7 Å². The van der Waals surface area contributed by atoms with E-state index in [0.29, 0.717) is 18.5 Å². The molecule has 0 aliphatic carbocycles. The van der Waals surface area contributed by atoms with Crippen LogP contribution in [0, 0.1) is 0 Å². The fourth-order valence-corrected chi connectivity index (χ4v) is 2.43. The lowest BCUT2D eigenvalue weighted by Crippen LogP contribution is -2.34. The summed E-state index contributed by atoms with van der Waals surface area (Å²) in [6.45, 7) is 8.08. The molecule has 1 aromatic rings. The Morgan fingerprint density at radius 3 is 3.11 bits per heavy atom. The molecule has 1 aliphatic heterocycles. The average Bonchev–Trinajstić information content (AvgIpc) is 2.84. The first-order valence-corrected chi connectivity index (χ1v) is 6.76. The molecule has 0 saturated carbocycles. The molecule has 1 aliphatic rings. The van der Waals surface area contributed by atoms with Crippen LogP contribution in [0.15, 0.2) is 12.4 Å². The Morgan fingerprint density at radius 1 is 1.44 bits per heavy atom. The van der Waals surface area contributed by atoms with Gasteiger partial charge < -0.3 is 10.1 Å². The Kier molecular flexibility index (Phi) is 4.75. The first-order valence-electron chi connectivity index (χ1n) is 6.76. The normalized spacial score (nSPS) is 20.0. The molecule has 1 N–H and O–H groups in total. The third-order valence-electron chi connectivity index (χ3n) is 3.36. The SMILES string of the molecule is CCOc1cc(NCC2CCCN2CC)ncn1. The molecule has 1 fully saturated rings. The van der Waals surface area contributed by atoms with E-state index in [4.69, 9.17) is 4.74 Å². The number of hydrogen-bond acceptors (Lipinski definition) is 5. The summed E-state index contributed by atoms with van der Waals surface area (Å²) < 4.78 is 5.36. The number of rotatable bonds is 6. The zero-order valence-electron chi connectivity index (χ0n) is 11.2. The van der Waals surface area contributed by atoms with E-state index in [1.807, 2.05) is 13.0 Å². The highest BCUT2D eigenvalue weighted by Crippen LogP contribution is 2.17. The van der Waals surface area contributed by atoms with Crippen molar-refractivity contribution < 1.29 is 4.74 Å². The van der Waals surface area contributed by atoms with Crippen LogP contribution in [-0.4, -0.2) is 47.2 Å². The largest absolute Gasteiger partial charge is 0.478 e. The van der Waals surface area contributed by atoms with Crippen LogP contribution in [0.4, 0.5) is 5.82 Å². The fourth-order valence-electron chi connectivity index (χ4n) is 2.43. The standard InChI is InChI=1S/C13H22N4O/c1-3-17-7-5-6-11(17)9-14-12-8-13(18-4-2)16-10-15-12/h8,10-11H,3-7,9H2,1-2H3,(H,14,15,16). The summed E-state index contributed by atoms with van der Waals surface area (Å²) in [6.07, 6.45) is 4.11. The van der Waals surface area contributed by atoms with Crippen LogP contribution in [0.25, 0.3) is 0 Å². The number of anilines is 1. The molecular weight excluding hydrogens is 228 g/mol. The second-order valence-corrected chi connectivity index (χ2v) is 4.48. The lowest BCUT2D eigenvalue weighted by Gasteiger charge is -2.23. The Bertz CT molecular complexity index is 372. The minimum Gasteiger partial charge on any atom is -0.478 e. The van der Waals surface area contributed by atoms with E-state index in [0.717, 1.165) is 18.9 Å². The highest BCUT2D eigenvalue weighted by Gasteiger charge is 2.22. The van der Waals surface area contributed by atoms with Crippen molar-refractivity contribution in [3.63, 3.8) is 0 Å². The van der Waals surface area contributed by atoms with Gasteiger partial charge in [-0.05, 0) is 32.9 Å². The molecule has 0 radical (unpaired) electrons. The molecule has 18 heavy (non-hydrogen) atoms. The molecule has 0 spiro atoms. The molecule has 0 amide bonds. The zero-order chi connectivity index (χ0) is 12.8. The van der Waals surface area contributed by atoms with E-state index in [9.17, 15) is 0 Å². The van der Waals surface area contributed by atoms with E-state index < -0.39 is 0 Å². The summed E-state index contributed by atoms with van der Waals surface area (Å²) in [4.78, 5) is 10.8. The van der Waals surface area contributed by atoms with E-state index in [2.05, 4.69) is 27.1 Å². The Labute approximate surface area is 109 Å². The van der Waals surface area contributed by atoms with Gasteiger partial charge in [-0.2, -0.15) is 0 Å². The third-order valence-corrected chi connectivity index (χ3v) is 3.36. The van der Waals surface area contributed by atoms with Crippen LogP contribution in [0.5, 0.6) is 5.88 Å². The quantitative estimate of drug-likeness (QED) is 0.834. The van der Waals surface area contributed by atoms with E-state index in [1.54, 1.807) is 6.33 Å². The minimum absolute atomic E-state index is 0.625. The van der Waals surface area contributed by atoms with Crippen LogP contribution in [-0.2, 0) is 0 Å². The Balaban J connectivity index is 1.87. The third kappa shape index (κ3) is 3.32. The molecule has 0 aromatic carbocycles. The van der Waals surface area contributed by atoms with Gasteiger partial charge >= 0.3 is 0 Å². The highest BCUT2D eigenvalue weighted by atomic mass is 16.5. The molecule has 5 nitrogen and oxygen atoms in total. The maximum absolute atomic E-state index is 5.36. The zero-order valence-corrected chi connectivity index (χ0v) is 11.2. The van der Waals surface area contributed by atoms with Gasteiger partial charge in [0.05, 0.1) is 6.61 Å². The van der Waals surface area contributed by atoms with Gasteiger partial charge in [-0.25, -0.2) is 9.97 Å². The van der Waals surface area contributed by atoms with Gasteiger partial charge in [-0.1, -0.05) is 6.92 Å². The number of hydrogen-bond donors (Lipinski definition) is 1. The first-order chi connectivity index (χ1) is 8.83. The highest BCUT2D eigenvalue weighted by molar-refractivity contribution is 5.37. The van der Waals surface area contributed by atoms with Gasteiger partial charge in [-0.3, -0.25) is 4.90 Å². The van der Waals surface area contributed by atoms with Gasteiger partial charge in [0, 0.05) is 18.7 Å². The number of aromatic nitrogens is 2. The lowest BCUT2D eigenvalue weighted by molar-refractivity contribution is 0.277. The number of nitrogens with zero attached hydrogens (tertiary/aromatic N) is 3. The molecule has 5 heteroatoms. The van der Waals surface area contributed by atoms with Crippen LogP contribution in [0.3, 0.4) is 0 Å². The summed E-state index contributed by atoms with van der Waals surface area (Å²) in [7, 11) is 0. The second kappa shape index (κ2) is 6.54. The van der Waals surface area contributed by atoms with Crippen molar-refractivity contribution in [3.8, 4) is 5.88 Å². The molecule has 0 bridgehead atoms. The van der Waals surface area contributed by atoms with E-state index >= 15 is 0 Å². The number of nitrogens with one attached hydrogen (secondary N) is 1. The van der Waals surface area contributed by atoms with Gasteiger partial charge in [0.1, 0.15) is 12.1 Å². The van der Waals surface area contributed by atoms with Gasteiger partial charge in [0.2, 0.25) is 5.88 Å². The monoisotopic (exact) mass is 250 g/mol. The predicted molar refractivity (Wildman–Crippen MR) is 72.0 cm³/mol. The van der Waals surface area contributed by atoms with Crippen molar-refractivity contribution in [2.24, 2.45) is 0 Å². The molecule has 1 saturated heterocycles. The Morgan fingerprint density at radius 2 is 2.33 bits per heavy atom. The first kappa shape index (κ1) is 13.1. The van der Waals surface area contributed by atoms with Gasteiger partial charge in [0.25, 0.3) is 0 Å². The molecular formula is C13H22N4O. The Hall–Kier alpha value is -1.36. The summed E-state index contributed by atoms with van der Waals surface area (Å²) in [5.74, 6) is 1.48. The van der Waals surface area contributed by atoms with Crippen molar-refractivity contribution >= 4 is 5.82 Å². The number of likely N-dealkylation sites (tertiary alicyclic amines) is 1. The van der Waals surface area contributed by atoms with Gasteiger partial charge in [-0.15, -0.1) is 0 Å². The summed E-state index contributed by atoms with van der Waals surface area (Å²) >= 11 is 0. The smallest absolute Gasteiger partial charge is 0.218 e. The maximum atomic E-state index is 5.36. The average molecular weight is 250 g/mol. The second-order valence-electron chi connectivity index (χ2n) is 4.48. The van der Waals surface area contributed by atoms with Crippen LogP contribution in [0.2, 0.25) is 0 Å². The summed E-state index contributed by atoms with van der Waals surface area (Å²) in [5, 5.41) is 3.38. The van der Waals surface area contributed by atoms with Gasteiger partial charge in [0.15, 0.2) is 0 Å². The molecule has 1 aromatic heterocycles. The van der Waals surface area contributed by atoms with Crippen molar-refractivity contribution in [1.29, 1.82) is 0 Å². The maximum Gasteiger partial charge on any atom is 0.218 e. The number of likely N-dealkylation sites (N-methyl/N-ethyl adjacent to an activating group) is 1.